The minimum absolute atomic E-state index is 0.0847. The molecule has 1 aliphatic heterocycles. The summed E-state index contributed by atoms with van der Waals surface area (Å²) in [5, 5.41) is 0. The summed E-state index contributed by atoms with van der Waals surface area (Å²) in [6.07, 6.45) is 13.1. The van der Waals surface area contributed by atoms with Gasteiger partial charge in [0, 0.05) is 12.1 Å². The Hall–Kier alpha value is -1.22. The molecule has 0 fully saturated rings. The number of amides is 1. The molecule has 0 N–H and O–H groups in total. The molecule has 0 aliphatic carbocycles. The molecule has 0 aromatic heterocycles. The van der Waals surface area contributed by atoms with Crippen molar-refractivity contribution in [2.24, 2.45) is 0 Å². The van der Waals surface area contributed by atoms with Crippen LogP contribution in [0.3, 0.4) is 0 Å². The molecule has 1 aromatic carbocycles. The second kappa shape index (κ2) is 9.82. The number of unbranched alkanes of at least 4 members (excludes halogenated alkanes) is 9. The lowest BCUT2D eigenvalue weighted by Gasteiger charge is -2.15. The molecule has 3 heteroatoms. The van der Waals surface area contributed by atoms with E-state index in [1.807, 2.05) is 24.3 Å². The van der Waals surface area contributed by atoms with Gasteiger partial charge in [-0.2, -0.15) is 0 Å². The Morgan fingerprint density at radius 1 is 0.826 bits per heavy atom. The van der Waals surface area contributed by atoms with Crippen LogP contribution < -0.4 is 0 Å². The lowest BCUT2D eigenvalue weighted by Crippen LogP contribution is -2.30. The minimum atomic E-state index is 0.0847. The molecular formula is C20H29NOS. The van der Waals surface area contributed by atoms with Gasteiger partial charge in [0.1, 0.15) is 4.99 Å². The summed E-state index contributed by atoms with van der Waals surface area (Å²) < 4.78 is 0. The molecule has 0 atom stereocenters. The van der Waals surface area contributed by atoms with E-state index in [9.17, 15) is 4.79 Å². The van der Waals surface area contributed by atoms with E-state index in [4.69, 9.17) is 12.2 Å². The Morgan fingerprint density at radius 3 is 1.91 bits per heavy atom. The van der Waals surface area contributed by atoms with Gasteiger partial charge in [0.15, 0.2) is 0 Å². The summed E-state index contributed by atoms with van der Waals surface area (Å²) in [6.45, 7) is 3.03. The first-order chi connectivity index (χ1) is 11.3. The number of benzene rings is 1. The van der Waals surface area contributed by atoms with Gasteiger partial charge >= 0.3 is 0 Å². The van der Waals surface area contributed by atoms with Gasteiger partial charge in [0.2, 0.25) is 0 Å². The molecule has 23 heavy (non-hydrogen) atoms. The van der Waals surface area contributed by atoms with Crippen LogP contribution in [-0.2, 0) is 0 Å². The lowest BCUT2D eigenvalue weighted by atomic mass is 10.1. The number of hydrogen-bond acceptors (Lipinski definition) is 2. The standard InChI is InChI=1S/C20H29NOS/c1-2-3-4-5-6-7-8-9-10-13-16-21-19(22)17-14-11-12-15-18(17)20(21)23/h11-12,14-15H,2-10,13,16H2,1H3. The molecule has 1 amide bonds. The number of fused-ring (bicyclic) bond motifs is 1. The summed E-state index contributed by atoms with van der Waals surface area (Å²) in [4.78, 5) is 14.8. The molecule has 0 bridgehead atoms. The third-order valence-electron chi connectivity index (χ3n) is 4.61. The third-order valence-corrected chi connectivity index (χ3v) is 5.05. The van der Waals surface area contributed by atoms with E-state index in [-0.39, 0.29) is 5.91 Å². The van der Waals surface area contributed by atoms with Crippen molar-refractivity contribution in [1.82, 2.24) is 4.90 Å². The predicted molar refractivity (Wildman–Crippen MR) is 101 cm³/mol. The fourth-order valence-electron chi connectivity index (χ4n) is 3.20. The zero-order valence-electron chi connectivity index (χ0n) is 14.4. The second-order valence-electron chi connectivity index (χ2n) is 6.49. The second-order valence-corrected chi connectivity index (χ2v) is 6.88. The molecule has 2 rings (SSSR count). The van der Waals surface area contributed by atoms with Crippen molar-refractivity contribution in [2.45, 2.75) is 71.1 Å². The number of nitrogens with zero attached hydrogens (tertiary/aromatic N) is 1. The molecule has 0 saturated carbocycles. The monoisotopic (exact) mass is 331 g/mol. The van der Waals surface area contributed by atoms with Crippen LogP contribution in [0, 0.1) is 0 Å². The summed E-state index contributed by atoms with van der Waals surface area (Å²) in [7, 11) is 0. The van der Waals surface area contributed by atoms with Gasteiger partial charge in [-0.25, -0.2) is 0 Å². The van der Waals surface area contributed by atoms with Crippen LogP contribution >= 0.6 is 12.2 Å². The maximum absolute atomic E-state index is 12.3. The predicted octanol–water partition coefficient (Wildman–Crippen LogP) is 5.74. The highest BCUT2D eigenvalue weighted by Crippen LogP contribution is 2.23. The minimum Gasteiger partial charge on any atom is -0.298 e. The first-order valence-electron chi connectivity index (χ1n) is 9.21. The van der Waals surface area contributed by atoms with Crippen LogP contribution in [-0.4, -0.2) is 22.3 Å². The Balaban J connectivity index is 1.57. The Kier molecular flexibility index (Phi) is 7.73. The molecule has 0 radical (unpaired) electrons. The highest BCUT2D eigenvalue weighted by Gasteiger charge is 2.31. The van der Waals surface area contributed by atoms with Crippen molar-refractivity contribution in [1.29, 1.82) is 0 Å². The molecular weight excluding hydrogens is 302 g/mol. The maximum atomic E-state index is 12.3. The summed E-state index contributed by atoms with van der Waals surface area (Å²) in [6, 6.07) is 7.68. The average molecular weight is 332 g/mol. The normalized spacial score (nSPS) is 13.7. The van der Waals surface area contributed by atoms with Crippen LogP contribution in [0.4, 0.5) is 0 Å². The molecule has 126 valence electrons. The highest BCUT2D eigenvalue weighted by atomic mass is 32.1. The fraction of sp³-hybridized carbons (Fsp3) is 0.600. The molecule has 0 saturated heterocycles. The van der Waals surface area contributed by atoms with Crippen molar-refractivity contribution in [2.75, 3.05) is 6.54 Å². The van der Waals surface area contributed by atoms with E-state index in [2.05, 4.69) is 6.92 Å². The van der Waals surface area contributed by atoms with Gasteiger partial charge in [-0.1, -0.05) is 95.1 Å². The van der Waals surface area contributed by atoms with Crippen molar-refractivity contribution >= 4 is 23.1 Å². The third kappa shape index (κ3) is 5.13. The number of carbonyl (C=O) groups is 1. The SMILES string of the molecule is CCCCCCCCCCCCN1C(=O)c2ccccc2C1=S. The Bertz CT molecular complexity index is 491. The molecule has 2 nitrogen and oxygen atoms in total. The van der Waals surface area contributed by atoms with Crippen molar-refractivity contribution < 1.29 is 4.79 Å². The zero-order valence-corrected chi connectivity index (χ0v) is 15.2. The van der Waals surface area contributed by atoms with E-state index >= 15 is 0 Å². The maximum Gasteiger partial charge on any atom is 0.259 e. The van der Waals surface area contributed by atoms with Gasteiger partial charge < -0.3 is 0 Å². The topological polar surface area (TPSA) is 20.3 Å². The number of hydrogen-bond donors (Lipinski definition) is 0. The van der Waals surface area contributed by atoms with Crippen LogP contribution in [0.2, 0.25) is 0 Å². The van der Waals surface area contributed by atoms with Crippen LogP contribution in [0.15, 0.2) is 24.3 Å². The van der Waals surface area contributed by atoms with Gasteiger partial charge in [-0.3, -0.25) is 9.69 Å². The van der Waals surface area contributed by atoms with Gasteiger partial charge in [0.05, 0.1) is 5.56 Å². The zero-order chi connectivity index (χ0) is 16.5. The van der Waals surface area contributed by atoms with Gasteiger partial charge in [-0.15, -0.1) is 0 Å². The van der Waals surface area contributed by atoms with Gasteiger partial charge in [-0.05, 0) is 12.5 Å². The number of carbonyl (C=O) groups excluding carboxylic acids is 1. The van der Waals surface area contributed by atoms with E-state index in [1.54, 1.807) is 4.90 Å². The molecule has 1 aliphatic rings. The number of rotatable bonds is 11. The number of thiocarbonyl (C=S) groups is 1. The smallest absolute Gasteiger partial charge is 0.259 e. The lowest BCUT2D eigenvalue weighted by molar-refractivity contribution is 0.0860. The Morgan fingerprint density at radius 2 is 1.35 bits per heavy atom. The first kappa shape index (κ1) is 18.1. The molecule has 1 heterocycles. The highest BCUT2D eigenvalue weighted by molar-refractivity contribution is 7.80. The molecule has 0 unspecified atom stereocenters. The van der Waals surface area contributed by atoms with E-state index < -0.39 is 0 Å². The van der Waals surface area contributed by atoms with E-state index in [1.165, 1.54) is 57.8 Å². The quantitative estimate of drug-likeness (QED) is 0.381. The summed E-state index contributed by atoms with van der Waals surface area (Å²) in [5.41, 5.74) is 1.70. The van der Waals surface area contributed by atoms with Crippen molar-refractivity contribution in [3.05, 3.63) is 35.4 Å². The van der Waals surface area contributed by atoms with Crippen LogP contribution in [0.5, 0.6) is 0 Å². The fourth-order valence-corrected chi connectivity index (χ4v) is 3.55. The van der Waals surface area contributed by atoms with Crippen molar-refractivity contribution in [3.8, 4) is 0 Å². The summed E-state index contributed by atoms with van der Waals surface area (Å²) in [5.74, 6) is 0.0847. The average Bonchev–Trinajstić information content (AvgIpc) is 2.81. The van der Waals surface area contributed by atoms with E-state index in [0.29, 0.717) is 4.99 Å². The first-order valence-corrected chi connectivity index (χ1v) is 9.61. The van der Waals surface area contributed by atoms with Crippen LogP contribution in [0.1, 0.15) is 87.1 Å². The largest absolute Gasteiger partial charge is 0.298 e. The summed E-state index contributed by atoms with van der Waals surface area (Å²) >= 11 is 5.45. The Labute approximate surface area is 146 Å². The van der Waals surface area contributed by atoms with Gasteiger partial charge in [0.25, 0.3) is 5.91 Å². The van der Waals surface area contributed by atoms with E-state index in [0.717, 1.165) is 24.1 Å². The molecule has 0 spiro atoms. The van der Waals surface area contributed by atoms with Crippen LogP contribution in [0.25, 0.3) is 0 Å². The van der Waals surface area contributed by atoms with Crippen molar-refractivity contribution in [3.63, 3.8) is 0 Å². The molecule has 1 aromatic rings.